The summed E-state index contributed by atoms with van der Waals surface area (Å²) < 4.78 is 5.67. The average molecular weight is 302 g/mol. The number of thiophene rings is 1. The molecule has 2 aromatic heterocycles. The number of rotatable bonds is 5. The van der Waals surface area contributed by atoms with Gasteiger partial charge in [0.25, 0.3) is 0 Å². The second-order valence-corrected chi connectivity index (χ2v) is 6.63. The predicted molar refractivity (Wildman–Crippen MR) is 86.9 cm³/mol. The molecule has 3 nitrogen and oxygen atoms in total. The lowest BCUT2D eigenvalue weighted by atomic mass is 9.80. The van der Waals surface area contributed by atoms with Crippen LogP contribution in [0.4, 0.5) is 0 Å². The van der Waals surface area contributed by atoms with Crippen molar-refractivity contribution in [1.29, 1.82) is 0 Å². The van der Waals surface area contributed by atoms with Gasteiger partial charge >= 0.3 is 0 Å². The smallest absolute Gasteiger partial charge is 0.137 e. The van der Waals surface area contributed by atoms with Gasteiger partial charge in [0.1, 0.15) is 5.75 Å². The van der Waals surface area contributed by atoms with E-state index < -0.39 is 0 Å². The fourth-order valence-electron chi connectivity index (χ4n) is 3.04. The Morgan fingerprint density at radius 2 is 2.38 bits per heavy atom. The van der Waals surface area contributed by atoms with Crippen LogP contribution in [0.1, 0.15) is 54.1 Å². The molecule has 112 valence electrons. The zero-order valence-electron chi connectivity index (χ0n) is 12.4. The van der Waals surface area contributed by atoms with Crippen LogP contribution in [0.2, 0.25) is 0 Å². The van der Waals surface area contributed by atoms with Gasteiger partial charge in [-0.1, -0.05) is 6.92 Å². The van der Waals surface area contributed by atoms with Crippen LogP contribution in [0.15, 0.2) is 29.9 Å². The quantitative estimate of drug-likeness (QED) is 0.906. The second-order valence-electron chi connectivity index (χ2n) is 5.63. The number of nitrogens with two attached hydrogens (primary N) is 1. The van der Waals surface area contributed by atoms with Crippen molar-refractivity contribution in [1.82, 2.24) is 4.98 Å². The number of hydrogen-bond acceptors (Lipinski definition) is 4. The minimum Gasteiger partial charge on any atom is -0.492 e. The van der Waals surface area contributed by atoms with E-state index in [1.165, 1.54) is 23.3 Å². The standard InChI is InChI=1S/C17H22N2OS/c1-2-7-20-13-9-12(10-19-11-13)17(18)15-4-3-5-16-14(15)6-8-21-16/h6,8-11,15,17H,2-5,7,18H2,1H3. The van der Waals surface area contributed by atoms with Gasteiger partial charge in [0, 0.05) is 23.0 Å². The van der Waals surface area contributed by atoms with E-state index in [4.69, 9.17) is 10.5 Å². The van der Waals surface area contributed by atoms with Crippen molar-refractivity contribution in [3.8, 4) is 5.75 Å². The molecule has 2 unspecified atom stereocenters. The van der Waals surface area contributed by atoms with Gasteiger partial charge < -0.3 is 10.5 Å². The van der Waals surface area contributed by atoms with Gasteiger partial charge in [-0.15, -0.1) is 11.3 Å². The van der Waals surface area contributed by atoms with Crippen molar-refractivity contribution in [3.05, 3.63) is 45.9 Å². The summed E-state index contributed by atoms with van der Waals surface area (Å²) in [5, 5.41) is 2.19. The molecule has 0 aliphatic heterocycles. The number of ether oxygens (including phenoxy) is 1. The molecule has 2 atom stereocenters. The number of pyridine rings is 1. The molecule has 3 rings (SSSR count). The van der Waals surface area contributed by atoms with E-state index in [9.17, 15) is 0 Å². The van der Waals surface area contributed by atoms with Crippen molar-refractivity contribution >= 4 is 11.3 Å². The Labute approximate surface area is 130 Å². The first-order valence-corrected chi connectivity index (χ1v) is 8.57. The topological polar surface area (TPSA) is 48.1 Å². The maximum absolute atomic E-state index is 6.55. The second kappa shape index (κ2) is 6.58. The molecule has 0 aromatic carbocycles. The molecule has 0 fully saturated rings. The van der Waals surface area contributed by atoms with Crippen LogP contribution in [-0.2, 0) is 6.42 Å². The maximum Gasteiger partial charge on any atom is 0.137 e. The third-order valence-corrected chi connectivity index (χ3v) is 5.12. The summed E-state index contributed by atoms with van der Waals surface area (Å²) in [6.45, 7) is 2.82. The molecule has 21 heavy (non-hydrogen) atoms. The highest BCUT2D eigenvalue weighted by Crippen LogP contribution is 2.41. The summed E-state index contributed by atoms with van der Waals surface area (Å²) in [6.07, 6.45) is 8.23. The number of nitrogens with zero attached hydrogens (tertiary/aromatic N) is 1. The molecule has 0 bridgehead atoms. The van der Waals surface area contributed by atoms with E-state index in [1.54, 1.807) is 6.20 Å². The van der Waals surface area contributed by atoms with Gasteiger partial charge in [-0.05, 0) is 54.3 Å². The van der Waals surface area contributed by atoms with Crippen molar-refractivity contribution in [2.45, 2.75) is 44.6 Å². The molecule has 2 aromatic rings. The van der Waals surface area contributed by atoms with Gasteiger partial charge in [-0.2, -0.15) is 0 Å². The Morgan fingerprint density at radius 1 is 1.48 bits per heavy atom. The van der Waals surface area contributed by atoms with Crippen LogP contribution in [0.5, 0.6) is 5.75 Å². The Balaban J connectivity index is 1.81. The van der Waals surface area contributed by atoms with E-state index in [-0.39, 0.29) is 6.04 Å². The lowest BCUT2D eigenvalue weighted by molar-refractivity contribution is 0.315. The molecule has 0 amide bonds. The molecule has 2 heterocycles. The van der Waals surface area contributed by atoms with Crippen LogP contribution in [0.3, 0.4) is 0 Å². The Morgan fingerprint density at radius 3 is 3.24 bits per heavy atom. The number of hydrogen-bond donors (Lipinski definition) is 1. The molecule has 0 radical (unpaired) electrons. The molecular weight excluding hydrogens is 280 g/mol. The SMILES string of the molecule is CCCOc1cncc(C(N)C2CCCc3sccc32)c1. The highest BCUT2D eigenvalue weighted by molar-refractivity contribution is 7.10. The van der Waals surface area contributed by atoms with Crippen molar-refractivity contribution in [3.63, 3.8) is 0 Å². The summed E-state index contributed by atoms with van der Waals surface area (Å²) in [6, 6.07) is 4.29. The van der Waals surface area contributed by atoms with Gasteiger partial charge in [0.15, 0.2) is 0 Å². The van der Waals surface area contributed by atoms with E-state index in [0.29, 0.717) is 5.92 Å². The van der Waals surface area contributed by atoms with Gasteiger partial charge in [-0.3, -0.25) is 4.98 Å². The minimum absolute atomic E-state index is 0.00340. The first-order chi connectivity index (χ1) is 10.3. The molecule has 1 aliphatic carbocycles. The van der Waals surface area contributed by atoms with Crippen LogP contribution >= 0.6 is 11.3 Å². The van der Waals surface area contributed by atoms with Crippen LogP contribution in [-0.4, -0.2) is 11.6 Å². The van der Waals surface area contributed by atoms with Gasteiger partial charge in [-0.25, -0.2) is 0 Å². The highest BCUT2D eigenvalue weighted by atomic mass is 32.1. The maximum atomic E-state index is 6.55. The first-order valence-electron chi connectivity index (χ1n) is 7.69. The summed E-state index contributed by atoms with van der Waals surface area (Å²) in [5.41, 5.74) is 9.07. The van der Waals surface area contributed by atoms with E-state index in [2.05, 4.69) is 23.4 Å². The fourth-order valence-corrected chi connectivity index (χ4v) is 4.04. The third kappa shape index (κ3) is 3.11. The predicted octanol–water partition coefficient (Wildman–Crippen LogP) is 4.05. The van der Waals surface area contributed by atoms with E-state index in [0.717, 1.165) is 30.8 Å². The number of fused-ring (bicyclic) bond motifs is 1. The molecule has 0 saturated carbocycles. The molecule has 4 heteroatoms. The monoisotopic (exact) mass is 302 g/mol. The summed E-state index contributed by atoms with van der Waals surface area (Å²) >= 11 is 1.86. The summed E-state index contributed by atoms with van der Waals surface area (Å²) in [7, 11) is 0. The first kappa shape index (κ1) is 14.5. The van der Waals surface area contributed by atoms with Gasteiger partial charge in [0.2, 0.25) is 0 Å². The van der Waals surface area contributed by atoms with E-state index in [1.807, 2.05) is 23.6 Å². The fraction of sp³-hybridized carbons (Fsp3) is 0.471. The number of aryl methyl sites for hydroxylation is 1. The lowest BCUT2D eigenvalue weighted by Gasteiger charge is -2.28. The zero-order valence-corrected chi connectivity index (χ0v) is 13.2. The summed E-state index contributed by atoms with van der Waals surface area (Å²) in [5.74, 6) is 1.23. The van der Waals surface area contributed by atoms with E-state index >= 15 is 0 Å². The number of aromatic nitrogens is 1. The molecule has 0 spiro atoms. The Kier molecular flexibility index (Phi) is 4.56. The third-order valence-electron chi connectivity index (χ3n) is 4.12. The Bertz CT molecular complexity index is 596. The van der Waals surface area contributed by atoms with Crippen LogP contribution in [0, 0.1) is 0 Å². The Hall–Kier alpha value is -1.39. The summed E-state index contributed by atoms with van der Waals surface area (Å²) in [4.78, 5) is 5.80. The zero-order chi connectivity index (χ0) is 14.7. The van der Waals surface area contributed by atoms with Crippen LogP contribution < -0.4 is 10.5 Å². The molecule has 1 aliphatic rings. The normalized spacial score (nSPS) is 19.0. The van der Waals surface area contributed by atoms with Crippen molar-refractivity contribution < 1.29 is 4.74 Å². The molecule has 2 N–H and O–H groups in total. The highest BCUT2D eigenvalue weighted by Gasteiger charge is 2.27. The van der Waals surface area contributed by atoms with Crippen molar-refractivity contribution in [2.75, 3.05) is 6.61 Å². The van der Waals surface area contributed by atoms with Gasteiger partial charge in [0.05, 0.1) is 12.8 Å². The molecule has 0 saturated heterocycles. The molecular formula is C17H22N2OS. The van der Waals surface area contributed by atoms with Crippen LogP contribution in [0.25, 0.3) is 0 Å². The largest absolute Gasteiger partial charge is 0.492 e. The lowest BCUT2D eigenvalue weighted by Crippen LogP contribution is -2.23. The minimum atomic E-state index is -0.00340. The average Bonchev–Trinajstić information content (AvgIpc) is 3.01. The van der Waals surface area contributed by atoms with Crippen molar-refractivity contribution in [2.24, 2.45) is 5.73 Å².